The van der Waals surface area contributed by atoms with Crippen LogP contribution in [-0.4, -0.2) is 4.92 Å². The van der Waals surface area contributed by atoms with Gasteiger partial charge in [0, 0.05) is 23.4 Å². The zero-order valence-corrected chi connectivity index (χ0v) is 12.6. The van der Waals surface area contributed by atoms with Gasteiger partial charge < -0.3 is 5.32 Å². The highest BCUT2D eigenvalue weighted by Crippen LogP contribution is 2.25. The van der Waals surface area contributed by atoms with Crippen LogP contribution in [0.25, 0.3) is 0 Å². The zero-order valence-electron chi connectivity index (χ0n) is 12.6. The minimum atomic E-state index is -0.330. The van der Waals surface area contributed by atoms with Crippen molar-refractivity contribution in [2.24, 2.45) is 0 Å². The summed E-state index contributed by atoms with van der Waals surface area (Å²) < 4.78 is 0. The van der Waals surface area contributed by atoms with Crippen LogP contribution in [0, 0.1) is 17.0 Å². The standard InChI is InChI=1S/C17H20N2O2/c1-4-14-6-5-7-16(10-14)18-13(3)15-9-8-12(2)17(11-15)19(20)21/h5-11,13,18H,4H2,1-3H3. The highest BCUT2D eigenvalue weighted by atomic mass is 16.6. The van der Waals surface area contributed by atoms with Crippen LogP contribution in [0.4, 0.5) is 11.4 Å². The topological polar surface area (TPSA) is 55.2 Å². The van der Waals surface area contributed by atoms with Crippen LogP contribution in [-0.2, 0) is 6.42 Å². The van der Waals surface area contributed by atoms with E-state index in [1.807, 2.05) is 25.1 Å². The van der Waals surface area contributed by atoms with E-state index in [0.29, 0.717) is 5.56 Å². The maximum Gasteiger partial charge on any atom is 0.272 e. The highest BCUT2D eigenvalue weighted by molar-refractivity contribution is 5.50. The minimum Gasteiger partial charge on any atom is -0.379 e. The maximum atomic E-state index is 11.0. The molecule has 2 aromatic rings. The second-order valence-electron chi connectivity index (χ2n) is 5.22. The fourth-order valence-corrected chi connectivity index (χ4v) is 2.31. The lowest BCUT2D eigenvalue weighted by molar-refractivity contribution is -0.385. The molecule has 0 spiro atoms. The summed E-state index contributed by atoms with van der Waals surface area (Å²) in [6.45, 7) is 5.88. The maximum absolute atomic E-state index is 11.0. The first-order valence-corrected chi connectivity index (χ1v) is 7.11. The number of nitrogens with one attached hydrogen (secondary N) is 1. The molecule has 0 bridgehead atoms. The van der Waals surface area contributed by atoms with Crippen LogP contribution in [0.1, 0.15) is 36.6 Å². The van der Waals surface area contributed by atoms with E-state index in [9.17, 15) is 10.1 Å². The molecule has 0 saturated carbocycles. The van der Waals surface area contributed by atoms with Crippen molar-refractivity contribution in [2.45, 2.75) is 33.2 Å². The van der Waals surface area contributed by atoms with Gasteiger partial charge in [0.1, 0.15) is 0 Å². The van der Waals surface area contributed by atoms with Gasteiger partial charge in [0.2, 0.25) is 0 Å². The van der Waals surface area contributed by atoms with E-state index in [1.54, 1.807) is 19.1 Å². The number of hydrogen-bond acceptors (Lipinski definition) is 3. The Kier molecular flexibility index (Phi) is 4.58. The summed E-state index contributed by atoms with van der Waals surface area (Å²) in [7, 11) is 0. The lowest BCUT2D eigenvalue weighted by Gasteiger charge is -2.16. The predicted octanol–water partition coefficient (Wildman–Crippen LogP) is 4.64. The molecular weight excluding hydrogens is 264 g/mol. The Morgan fingerprint density at radius 2 is 2.00 bits per heavy atom. The van der Waals surface area contributed by atoms with Crippen LogP contribution in [0.2, 0.25) is 0 Å². The van der Waals surface area contributed by atoms with Crippen LogP contribution in [0.5, 0.6) is 0 Å². The summed E-state index contributed by atoms with van der Waals surface area (Å²) in [5.41, 5.74) is 4.06. The number of nitrogens with zero attached hydrogens (tertiary/aromatic N) is 1. The Morgan fingerprint density at radius 3 is 2.67 bits per heavy atom. The van der Waals surface area contributed by atoms with Crippen molar-refractivity contribution < 1.29 is 4.92 Å². The predicted molar refractivity (Wildman–Crippen MR) is 85.7 cm³/mol. The van der Waals surface area contributed by atoms with Crippen LogP contribution >= 0.6 is 0 Å². The lowest BCUT2D eigenvalue weighted by Crippen LogP contribution is -2.07. The van der Waals surface area contributed by atoms with Gasteiger partial charge in [-0.3, -0.25) is 10.1 Å². The second kappa shape index (κ2) is 6.39. The first-order chi connectivity index (χ1) is 10.0. The van der Waals surface area contributed by atoms with Crippen molar-refractivity contribution in [3.63, 3.8) is 0 Å². The molecule has 1 N–H and O–H groups in total. The molecule has 0 radical (unpaired) electrons. The van der Waals surface area contributed by atoms with Gasteiger partial charge in [-0.25, -0.2) is 0 Å². The van der Waals surface area contributed by atoms with Gasteiger partial charge in [-0.05, 0) is 43.5 Å². The molecule has 0 saturated heterocycles. The van der Waals surface area contributed by atoms with Gasteiger partial charge in [0.15, 0.2) is 0 Å². The Labute approximate surface area is 125 Å². The summed E-state index contributed by atoms with van der Waals surface area (Å²) in [6.07, 6.45) is 0.986. The Bertz CT molecular complexity index is 653. The fourth-order valence-electron chi connectivity index (χ4n) is 2.31. The van der Waals surface area contributed by atoms with Crippen molar-refractivity contribution in [1.29, 1.82) is 0 Å². The highest BCUT2D eigenvalue weighted by Gasteiger charge is 2.14. The third-order valence-electron chi connectivity index (χ3n) is 3.65. The van der Waals surface area contributed by atoms with Gasteiger partial charge >= 0.3 is 0 Å². The molecule has 4 heteroatoms. The van der Waals surface area contributed by atoms with Gasteiger partial charge in [0.25, 0.3) is 5.69 Å². The number of anilines is 1. The van der Waals surface area contributed by atoms with Gasteiger partial charge in [-0.15, -0.1) is 0 Å². The molecule has 0 aliphatic heterocycles. The van der Waals surface area contributed by atoms with E-state index >= 15 is 0 Å². The molecule has 0 aliphatic carbocycles. The van der Waals surface area contributed by atoms with Crippen LogP contribution < -0.4 is 5.32 Å². The first kappa shape index (κ1) is 15.0. The summed E-state index contributed by atoms with van der Waals surface area (Å²) >= 11 is 0. The summed E-state index contributed by atoms with van der Waals surface area (Å²) in [4.78, 5) is 10.7. The molecule has 21 heavy (non-hydrogen) atoms. The largest absolute Gasteiger partial charge is 0.379 e. The van der Waals surface area contributed by atoms with Crippen molar-refractivity contribution in [2.75, 3.05) is 5.32 Å². The number of nitro benzene ring substituents is 1. The van der Waals surface area contributed by atoms with E-state index in [0.717, 1.165) is 17.7 Å². The zero-order chi connectivity index (χ0) is 15.4. The normalized spacial score (nSPS) is 12.0. The number of rotatable bonds is 5. The molecule has 0 aliphatic rings. The molecule has 0 amide bonds. The van der Waals surface area contributed by atoms with E-state index in [4.69, 9.17) is 0 Å². The van der Waals surface area contributed by atoms with E-state index < -0.39 is 0 Å². The number of hydrogen-bond donors (Lipinski definition) is 1. The van der Waals surface area contributed by atoms with Crippen molar-refractivity contribution in [3.8, 4) is 0 Å². The monoisotopic (exact) mass is 284 g/mol. The lowest BCUT2D eigenvalue weighted by atomic mass is 10.0. The summed E-state index contributed by atoms with van der Waals surface area (Å²) in [6, 6.07) is 13.6. The smallest absolute Gasteiger partial charge is 0.272 e. The minimum absolute atomic E-state index is 0.0106. The van der Waals surface area contributed by atoms with Gasteiger partial charge in [-0.1, -0.05) is 31.2 Å². The number of aryl methyl sites for hydroxylation is 2. The van der Waals surface area contributed by atoms with E-state index in [1.165, 1.54) is 5.56 Å². The summed E-state index contributed by atoms with van der Waals surface area (Å²) in [5.74, 6) is 0. The first-order valence-electron chi connectivity index (χ1n) is 7.11. The molecule has 1 unspecified atom stereocenters. The molecule has 2 rings (SSSR count). The summed E-state index contributed by atoms with van der Waals surface area (Å²) in [5, 5.41) is 14.4. The third-order valence-corrected chi connectivity index (χ3v) is 3.65. The fraction of sp³-hybridized carbons (Fsp3) is 0.294. The van der Waals surface area contributed by atoms with Gasteiger partial charge in [-0.2, -0.15) is 0 Å². The average Bonchev–Trinajstić information content (AvgIpc) is 2.47. The average molecular weight is 284 g/mol. The third kappa shape index (κ3) is 3.60. The Hall–Kier alpha value is -2.36. The van der Waals surface area contributed by atoms with Crippen LogP contribution in [0.3, 0.4) is 0 Å². The molecular formula is C17H20N2O2. The molecule has 110 valence electrons. The van der Waals surface area contributed by atoms with Crippen LogP contribution in [0.15, 0.2) is 42.5 Å². The molecule has 0 heterocycles. The quantitative estimate of drug-likeness (QED) is 0.643. The second-order valence-corrected chi connectivity index (χ2v) is 5.22. The Morgan fingerprint density at radius 1 is 1.24 bits per heavy atom. The van der Waals surface area contributed by atoms with Crippen molar-refractivity contribution in [3.05, 3.63) is 69.3 Å². The molecule has 1 atom stereocenters. The molecule has 0 fully saturated rings. The SMILES string of the molecule is CCc1cccc(NC(C)c2ccc(C)c([N+](=O)[O-])c2)c1. The molecule has 2 aromatic carbocycles. The number of nitro groups is 1. The van der Waals surface area contributed by atoms with Crippen molar-refractivity contribution in [1.82, 2.24) is 0 Å². The van der Waals surface area contributed by atoms with Gasteiger partial charge in [0.05, 0.1) is 4.92 Å². The van der Waals surface area contributed by atoms with Crippen molar-refractivity contribution >= 4 is 11.4 Å². The van der Waals surface area contributed by atoms with E-state index in [2.05, 4.69) is 24.4 Å². The van der Waals surface area contributed by atoms with E-state index in [-0.39, 0.29) is 16.7 Å². The molecule has 0 aromatic heterocycles. The molecule has 4 nitrogen and oxygen atoms in total. The number of benzene rings is 2. The Balaban J connectivity index is 2.21.